The lowest BCUT2D eigenvalue weighted by Gasteiger charge is -2.21. The molecule has 0 aliphatic carbocycles. The van der Waals surface area contributed by atoms with Crippen LogP contribution in [0.5, 0.6) is 5.75 Å². The number of hydrogen-bond donors (Lipinski definition) is 0. The van der Waals surface area contributed by atoms with Crippen LogP contribution in [0.1, 0.15) is 13.8 Å². The Balaban J connectivity index is 3.24. The first kappa shape index (κ1) is 13.6. The van der Waals surface area contributed by atoms with E-state index in [9.17, 15) is 20.2 Å². The second-order valence-electron chi connectivity index (χ2n) is 4.08. The van der Waals surface area contributed by atoms with Crippen LogP contribution in [0.3, 0.4) is 0 Å². The van der Waals surface area contributed by atoms with Gasteiger partial charge in [0.2, 0.25) is 0 Å². The van der Waals surface area contributed by atoms with Crippen LogP contribution in [-0.4, -0.2) is 15.4 Å². The molecule has 0 saturated carbocycles. The monoisotopic (exact) mass is 252 g/mol. The molecule has 96 valence electrons. The Hall–Kier alpha value is -2.44. The highest BCUT2D eigenvalue weighted by Crippen LogP contribution is 2.33. The number of benzene rings is 1. The van der Waals surface area contributed by atoms with Gasteiger partial charge in [-0.15, -0.1) is 0 Å². The molecule has 0 heterocycles. The normalized spacial score (nSPS) is 10.8. The third kappa shape index (κ3) is 3.03. The summed E-state index contributed by atoms with van der Waals surface area (Å²) in [6.45, 7) is 6.89. The molecule has 0 atom stereocenters. The number of ether oxygens (including phenoxy) is 1. The van der Waals surface area contributed by atoms with E-state index in [1.165, 1.54) is 12.1 Å². The Labute approximate surface area is 103 Å². The van der Waals surface area contributed by atoms with Crippen molar-refractivity contribution < 1.29 is 14.6 Å². The first-order valence-corrected chi connectivity index (χ1v) is 5.02. The zero-order valence-corrected chi connectivity index (χ0v) is 9.95. The fourth-order valence-corrected chi connectivity index (χ4v) is 1.17. The minimum Gasteiger partial charge on any atom is -0.477 e. The predicted octanol–water partition coefficient (Wildman–Crippen LogP) is 2.85. The zero-order chi connectivity index (χ0) is 13.9. The second-order valence-corrected chi connectivity index (χ2v) is 4.08. The van der Waals surface area contributed by atoms with Crippen molar-refractivity contribution in [1.29, 1.82) is 0 Å². The first-order chi connectivity index (χ1) is 8.26. The maximum Gasteiger partial charge on any atom is 0.317 e. The summed E-state index contributed by atoms with van der Waals surface area (Å²) < 4.78 is 5.40. The molecule has 0 aliphatic rings. The summed E-state index contributed by atoms with van der Waals surface area (Å²) in [5, 5.41) is 21.4. The second kappa shape index (κ2) is 4.82. The van der Waals surface area contributed by atoms with Gasteiger partial charge >= 0.3 is 5.69 Å². The van der Waals surface area contributed by atoms with Crippen molar-refractivity contribution in [3.05, 3.63) is 51.1 Å². The number of nitro groups is 2. The van der Waals surface area contributed by atoms with E-state index in [2.05, 4.69) is 6.58 Å². The Bertz CT molecular complexity index is 510. The molecule has 0 bridgehead atoms. The van der Waals surface area contributed by atoms with Gasteiger partial charge in [0.05, 0.1) is 15.9 Å². The molecule has 0 N–H and O–H groups in total. The topological polar surface area (TPSA) is 95.5 Å². The largest absolute Gasteiger partial charge is 0.477 e. The molecule has 0 radical (unpaired) electrons. The molecule has 0 saturated heterocycles. The zero-order valence-electron chi connectivity index (χ0n) is 9.95. The number of hydrogen-bond acceptors (Lipinski definition) is 5. The summed E-state index contributed by atoms with van der Waals surface area (Å²) in [6.07, 6.45) is 1.48. The lowest BCUT2D eigenvalue weighted by atomic mass is 10.1. The molecule has 7 nitrogen and oxygen atoms in total. The van der Waals surface area contributed by atoms with Gasteiger partial charge in [-0.2, -0.15) is 0 Å². The molecular weight excluding hydrogens is 240 g/mol. The van der Waals surface area contributed by atoms with Gasteiger partial charge in [0.1, 0.15) is 5.60 Å². The van der Waals surface area contributed by atoms with E-state index < -0.39 is 21.1 Å². The van der Waals surface area contributed by atoms with Crippen LogP contribution in [0.25, 0.3) is 0 Å². The average molecular weight is 252 g/mol. The smallest absolute Gasteiger partial charge is 0.317 e. The van der Waals surface area contributed by atoms with Crippen molar-refractivity contribution in [3.8, 4) is 5.75 Å². The Morgan fingerprint density at radius 3 is 2.33 bits per heavy atom. The van der Waals surface area contributed by atoms with Gasteiger partial charge in [-0.05, 0) is 26.0 Å². The van der Waals surface area contributed by atoms with Crippen LogP contribution in [0.2, 0.25) is 0 Å². The van der Waals surface area contributed by atoms with Gasteiger partial charge in [-0.25, -0.2) is 0 Å². The van der Waals surface area contributed by atoms with Crippen LogP contribution >= 0.6 is 0 Å². The van der Waals surface area contributed by atoms with E-state index in [0.29, 0.717) is 0 Å². The fourth-order valence-electron chi connectivity index (χ4n) is 1.17. The first-order valence-electron chi connectivity index (χ1n) is 5.02. The van der Waals surface area contributed by atoms with E-state index in [4.69, 9.17) is 4.74 Å². The number of nitrogens with zero attached hydrogens (tertiary/aromatic N) is 2. The molecule has 1 aromatic rings. The maximum atomic E-state index is 10.8. The van der Waals surface area contributed by atoms with E-state index in [1.807, 2.05) is 0 Å². The van der Waals surface area contributed by atoms with Crippen molar-refractivity contribution in [2.45, 2.75) is 19.4 Å². The highest BCUT2D eigenvalue weighted by Gasteiger charge is 2.25. The average Bonchev–Trinajstić information content (AvgIpc) is 2.28. The Morgan fingerprint density at radius 2 is 1.89 bits per heavy atom. The Kier molecular flexibility index (Phi) is 3.65. The Morgan fingerprint density at radius 1 is 1.28 bits per heavy atom. The molecular formula is C11H12N2O5. The van der Waals surface area contributed by atoms with Gasteiger partial charge in [0, 0.05) is 6.07 Å². The standard InChI is InChI=1S/C11H12N2O5/c1-4-11(2,3)18-10-6-5-8(12(14)15)7-9(10)13(16)17/h4-7H,1H2,2-3H3. The predicted molar refractivity (Wildman–Crippen MR) is 64.7 cm³/mol. The molecule has 0 fully saturated rings. The minimum absolute atomic E-state index is 0.0319. The summed E-state index contributed by atoms with van der Waals surface area (Å²) in [5.41, 5.74) is -1.61. The van der Waals surface area contributed by atoms with E-state index in [1.54, 1.807) is 13.8 Å². The lowest BCUT2D eigenvalue weighted by molar-refractivity contribution is -0.394. The summed E-state index contributed by atoms with van der Waals surface area (Å²) in [4.78, 5) is 20.0. The van der Waals surface area contributed by atoms with Crippen LogP contribution < -0.4 is 4.74 Å². The quantitative estimate of drug-likeness (QED) is 0.456. The van der Waals surface area contributed by atoms with Gasteiger partial charge in [0.25, 0.3) is 5.69 Å². The maximum absolute atomic E-state index is 10.8. The van der Waals surface area contributed by atoms with Gasteiger partial charge in [-0.3, -0.25) is 20.2 Å². The van der Waals surface area contributed by atoms with Crippen LogP contribution in [0, 0.1) is 20.2 Å². The summed E-state index contributed by atoms with van der Waals surface area (Å²) in [6, 6.07) is 3.23. The van der Waals surface area contributed by atoms with Crippen LogP contribution in [0.15, 0.2) is 30.9 Å². The molecule has 18 heavy (non-hydrogen) atoms. The highest BCUT2D eigenvalue weighted by atomic mass is 16.6. The molecule has 1 rings (SSSR count). The highest BCUT2D eigenvalue weighted by molar-refractivity contribution is 5.53. The molecule has 0 aromatic heterocycles. The van der Waals surface area contributed by atoms with Gasteiger partial charge < -0.3 is 4.74 Å². The molecule has 0 amide bonds. The number of rotatable bonds is 5. The SMILES string of the molecule is C=CC(C)(C)Oc1ccc([N+](=O)[O-])cc1[N+](=O)[O-]. The third-order valence-corrected chi connectivity index (χ3v) is 2.21. The van der Waals surface area contributed by atoms with E-state index in [-0.39, 0.29) is 11.4 Å². The molecule has 0 spiro atoms. The number of non-ortho nitro benzene ring substituents is 1. The summed E-state index contributed by atoms with van der Waals surface area (Å²) in [5.74, 6) is -0.0319. The summed E-state index contributed by atoms with van der Waals surface area (Å²) >= 11 is 0. The number of nitro benzene ring substituents is 2. The summed E-state index contributed by atoms with van der Waals surface area (Å²) in [7, 11) is 0. The minimum atomic E-state index is -0.805. The lowest BCUT2D eigenvalue weighted by Crippen LogP contribution is -2.25. The molecule has 1 aromatic carbocycles. The molecule has 0 unspecified atom stereocenters. The van der Waals surface area contributed by atoms with E-state index >= 15 is 0 Å². The third-order valence-electron chi connectivity index (χ3n) is 2.21. The molecule has 0 aliphatic heterocycles. The van der Waals surface area contributed by atoms with Crippen molar-refractivity contribution in [1.82, 2.24) is 0 Å². The van der Waals surface area contributed by atoms with Crippen LogP contribution in [-0.2, 0) is 0 Å². The van der Waals surface area contributed by atoms with Crippen LogP contribution in [0.4, 0.5) is 11.4 Å². The molecule has 7 heteroatoms. The fraction of sp³-hybridized carbons (Fsp3) is 0.273. The van der Waals surface area contributed by atoms with Crippen molar-refractivity contribution in [2.75, 3.05) is 0 Å². The van der Waals surface area contributed by atoms with Gasteiger partial charge in [-0.1, -0.05) is 6.58 Å². The van der Waals surface area contributed by atoms with Crippen molar-refractivity contribution in [2.24, 2.45) is 0 Å². The van der Waals surface area contributed by atoms with E-state index in [0.717, 1.165) is 12.1 Å². The van der Waals surface area contributed by atoms with Gasteiger partial charge in [0.15, 0.2) is 5.75 Å². The van der Waals surface area contributed by atoms with Crippen molar-refractivity contribution in [3.63, 3.8) is 0 Å². The van der Waals surface area contributed by atoms with Crippen molar-refractivity contribution >= 4 is 11.4 Å².